The second-order valence-corrected chi connectivity index (χ2v) is 3.86. The molecule has 0 saturated carbocycles. The fraction of sp³-hybridized carbons (Fsp3) is 0.417. The summed E-state index contributed by atoms with van der Waals surface area (Å²) in [4.78, 5) is 11.2. The molecule has 2 rings (SSSR count). The normalized spacial score (nSPS) is 14.2. The molecule has 92 valence electrons. The van der Waals surface area contributed by atoms with Crippen LogP contribution < -0.4 is 15.2 Å². The van der Waals surface area contributed by atoms with Gasteiger partial charge in [-0.25, -0.2) is 4.79 Å². The van der Waals surface area contributed by atoms with Crippen LogP contribution in [0.1, 0.15) is 29.3 Å². The van der Waals surface area contributed by atoms with E-state index in [1.54, 1.807) is 0 Å². The smallest absolute Gasteiger partial charge is 0.338 e. The molecule has 0 aromatic heterocycles. The van der Waals surface area contributed by atoms with Crippen LogP contribution in [0.2, 0.25) is 0 Å². The van der Waals surface area contributed by atoms with E-state index >= 15 is 0 Å². The first-order valence-corrected chi connectivity index (χ1v) is 5.59. The first kappa shape index (κ1) is 11.6. The van der Waals surface area contributed by atoms with Crippen molar-refractivity contribution in [2.45, 2.75) is 19.8 Å². The van der Waals surface area contributed by atoms with Crippen LogP contribution >= 0.6 is 0 Å². The number of hydrogen-bond donors (Lipinski definition) is 2. The summed E-state index contributed by atoms with van der Waals surface area (Å²) in [5, 5.41) is 9.17. The van der Waals surface area contributed by atoms with Crippen LogP contribution in [0.5, 0.6) is 11.5 Å². The number of fused-ring (bicyclic) bond motifs is 1. The number of carboxylic acid groups (broad SMARTS) is 1. The number of ether oxygens (including phenoxy) is 2. The van der Waals surface area contributed by atoms with E-state index in [1.165, 1.54) is 6.07 Å². The Morgan fingerprint density at radius 1 is 1.47 bits per heavy atom. The fourth-order valence-corrected chi connectivity index (χ4v) is 1.99. The van der Waals surface area contributed by atoms with E-state index in [4.69, 9.17) is 15.2 Å². The number of nitrogens with two attached hydrogens (primary N) is 1. The molecule has 17 heavy (non-hydrogen) atoms. The molecule has 0 aliphatic carbocycles. The maximum Gasteiger partial charge on any atom is 0.338 e. The van der Waals surface area contributed by atoms with Gasteiger partial charge in [-0.1, -0.05) is 6.92 Å². The van der Waals surface area contributed by atoms with Crippen LogP contribution in [0.15, 0.2) is 6.07 Å². The van der Waals surface area contributed by atoms with Crippen LogP contribution in [0.4, 0.5) is 5.69 Å². The van der Waals surface area contributed by atoms with Gasteiger partial charge in [0.15, 0.2) is 11.5 Å². The van der Waals surface area contributed by atoms with Gasteiger partial charge < -0.3 is 20.3 Å². The van der Waals surface area contributed by atoms with Crippen LogP contribution in [0.3, 0.4) is 0 Å². The zero-order chi connectivity index (χ0) is 12.4. The van der Waals surface area contributed by atoms with Crippen molar-refractivity contribution in [1.29, 1.82) is 0 Å². The van der Waals surface area contributed by atoms with Gasteiger partial charge in [0, 0.05) is 18.1 Å². The quantitative estimate of drug-likeness (QED) is 0.765. The summed E-state index contributed by atoms with van der Waals surface area (Å²) < 4.78 is 11.1. The highest BCUT2D eigenvalue weighted by Crippen LogP contribution is 2.39. The third kappa shape index (κ3) is 2.00. The summed E-state index contributed by atoms with van der Waals surface area (Å²) in [6.07, 6.45) is 1.32. The summed E-state index contributed by atoms with van der Waals surface area (Å²) >= 11 is 0. The second kappa shape index (κ2) is 4.53. The lowest BCUT2D eigenvalue weighted by Crippen LogP contribution is -2.09. The van der Waals surface area contributed by atoms with Gasteiger partial charge in [0.2, 0.25) is 0 Å². The molecular weight excluding hydrogens is 222 g/mol. The van der Waals surface area contributed by atoms with E-state index in [1.807, 2.05) is 6.92 Å². The fourth-order valence-electron chi connectivity index (χ4n) is 1.99. The summed E-state index contributed by atoms with van der Waals surface area (Å²) in [5.41, 5.74) is 6.71. The first-order chi connectivity index (χ1) is 8.15. The lowest BCUT2D eigenvalue weighted by atomic mass is 10.0. The Labute approximate surface area is 99.1 Å². The van der Waals surface area contributed by atoms with Crippen LogP contribution in [-0.2, 0) is 6.42 Å². The molecule has 1 aromatic carbocycles. The predicted octanol–water partition coefficient (Wildman–Crippen LogP) is 1.69. The summed E-state index contributed by atoms with van der Waals surface area (Å²) in [6, 6.07) is 1.53. The largest absolute Gasteiger partial charge is 0.489 e. The molecule has 0 amide bonds. The third-order valence-corrected chi connectivity index (χ3v) is 2.73. The molecule has 0 bridgehead atoms. The molecule has 5 nitrogen and oxygen atoms in total. The Kier molecular flexibility index (Phi) is 3.08. The van der Waals surface area contributed by atoms with E-state index in [9.17, 15) is 9.90 Å². The molecule has 1 aliphatic rings. The minimum Gasteiger partial charge on any atom is -0.489 e. The molecule has 0 unspecified atom stereocenters. The van der Waals surface area contributed by atoms with Crippen LogP contribution in [-0.4, -0.2) is 24.3 Å². The Hall–Kier alpha value is -1.91. The summed E-state index contributed by atoms with van der Waals surface area (Å²) in [6.45, 7) is 2.96. The Morgan fingerprint density at radius 3 is 2.82 bits per heavy atom. The highest BCUT2D eigenvalue weighted by atomic mass is 16.5. The van der Waals surface area contributed by atoms with Crippen molar-refractivity contribution in [2.24, 2.45) is 0 Å². The first-order valence-electron chi connectivity index (χ1n) is 5.59. The van der Waals surface area contributed by atoms with Crippen molar-refractivity contribution in [3.05, 3.63) is 17.2 Å². The van der Waals surface area contributed by atoms with Crippen molar-refractivity contribution in [1.82, 2.24) is 0 Å². The number of nitrogen functional groups attached to an aromatic ring is 1. The summed E-state index contributed by atoms with van der Waals surface area (Å²) in [5.74, 6) is 0.0356. The van der Waals surface area contributed by atoms with Crippen molar-refractivity contribution < 1.29 is 19.4 Å². The molecule has 3 N–H and O–H groups in total. The number of carbonyl (C=O) groups is 1. The highest BCUT2D eigenvalue weighted by molar-refractivity contribution is 5.97. The lowest BCUT2D eigenvalue weighted by molar-refractivity contribution is 0.0696. The molecule has 0 fully saturated rings. The Bertz CT molecular complexity index is 456. The van der Waals surface area contributed by atoms with E-state index in [0.29, 0.717) is 36.7 Å². The number of benzene rings is 1. The minimum atomic E-state index is -1.03. The number of anilines is 1. The molecule has 0 saturated heterocycles. The average Bonchev–Trinajstić information content (AvgIpc) is 2.51. The standard InChI is InChI=1S/C12H15NO4/c1-2-7-10(12(14)15)8(13)6-9-11(7)17-5-3-4-16-9/h6H,2-5,13H2,1H3,(H,14,15). The third-order valence-electron chi connectivity index (χ3n) is 2.73. The maximum absolute atomic E-state index is 11.2. The molecule has 0 spiro atoms. The van der Waals surface area contributed by atoms with Gasteiger partial charge in [0.05, 0.1) is 24.5 Å². The topological polar surface area (TPSA) is 81.8 Å². The lowest BCUT2D eigenvalue weighted by Gasteiger charge is -2.15. The van der Waals surface area contributed by atoms with Crippen molar-refractivity contribution in [3.8, 4) is 11.5 Å². The maximum atomic E-state index is 11.2. The van der Waals surface area contributed by atoms with Crippen LogP contribution in [0.25, 0.3) is 0 Å². The average molecular weight is 237 g/mol. The van der Waals surface area contributed by atoms with Gasteiger partial charge >= 0.3 is 5.97 Å². The van der Waals surface area contributed by atoms with E-state index in [0.717, 1.165) is 6.42 Å². The van der Waals surface area contributed by atoms with Gasteiger partial charge in [-0.05, 0) is 6.42 Å². The predicted molar refractivity (Wildman–Crippen MR) is 62.8 cm³/mol. The van der Waals surface area contributed by atoms with Gasteiger partial charge in [-0.3, -0.25) is 0 Å². The van der Waals surface area contributed by atoms with Gasteiger partial charge in [-0.15, -0.1) is 0 Å². The number of rotatable bonds is 2. The van der Waals surface area contributed by atoms with Gasteiger partial charge in [-0.2, -0.15) is 0 Å². The van der Waals surface area contributed by atoms with Gasteiger partial charge in [0.1, 0.15) is 0 Å². The SMILES string of the molecule is CCc1c2c(cc(N)c1C(=O)O)OCCCO2. The zero-order valence-electron chi connectivity index (χ0n) is 9.66. The van der Waals surface area contributed by atoms with Crippen molar-refractivity contribution >= 4 is 11.7 Å². The monoisotopic (exact) mass is 237 g/mol. The van der Waals surface area contributed by atoms with Crippen molar-refractivity contribution in [2.75, 3.05) is 18.9 Å². The number of aromatic carboxylic acids is 1. The molecule has 0 atom stereocenters. The second-order valence-electron chi connectivity index (χ2n) is 3.86. The minimum absolute atomic E-state index is 0.122. The Morgan fingerprint density at radius 2 is 2.18 bits per heavy atom. The van der Waals surface area contributed by atoms with E-state index in [-0.39, 0.29) is 11.3 Å². The molecule has 5 heteroatoms. The van der Waals surface area contributed by atoms with Gasteiger partial charge in [0.25, 0.3) is 0 Å². The van der Waals surface area contributed by atoms with Crippen molar-refractivity contribution in [3.63, 3.8) is 0 Å². The zero-order valence-corrected chi connectivity index (χ0v) is 9.66. The van der Waals surface area contributed by atoms with E-state index in [2.05, 4.69) is 0 Å². The molecule has 1 aliphatic heterocycles. The molecule has 0 radical (unpaired) electrons. The summed E-state index contributed by atoms with van der Waals surface area (Å²) in [7, 11) is 0. The molecule has 1 aromatic rings. The number of carboxylic acids is 1. The Balaban J connectivity index is 2.64. The van der Waals surface area contributed by atoms with Crippen LogP contribution in [0, 0.1) is 0 Å². The number of hydrogen-bond acceptors (Lipinski definition) is 4. The molecular formula is C12H15NO4. The highest BCUT2D eigenvalue weighted by Gasteiger charge is 2.23. The molecule has 1 heterocycles. The van der Waals surface area contributed by atoms with E-state index < -0.39 is 5.97 Å².